The molecule has 0 spiro atoms. The summed E-state index contributed by atoms with van der Waals surface area (Å²) in [6.45, 7) is 1.39. The minimum atomic E-state index is -4.03. The first-order chi connectivity index (χ1) is 8.83. The molecule has 0 aliphatic carbocycles. The molecule has 0 aromatic carbocycles. The topological polar surface area (TPSA) is 132 Å². The zero-order valence-corrected chi connectivity index (χ0v) is 12.0. The number of carbonyl (C=O) groups is 1. The Morgan fingerprint density at radius 1 is 1.63 bits per heavy atom. The number of aromatic nitrogens is 2. The maximum absolute atomic E-state index is 12.0. The molecule has 1 rings (SSSR count). The molecule has 1 aromatic heterocycles. The van der Waals surface area contributed by atoms with Crippen LogP contribution in [0.5, 0.6) is 0 Å². The van der Waals surface area contributed by atoms with Crippen molar-refractivity contribution in [2.75, 3.05) is 12.9 Å². The molecular weight excluding hydrogens is 294 g/mol. The molecule has 8 nitrogen and oxygen atoms in total. The lowest BCUT2D eigenvalue weighted by Crippen LogP contribution is -2.41. The number of carboxylic acids is 1. The van der Waals surface area contributed by atoms with E-state index in [1.54, 1.807) is 13.2 Å². The van der Waals surface area contributed by atoms with Crippen LogP contribution in [0.2, 0.25) is 0 Å². The van der Waals surface area contributed by atoms with E-state index in [1.165, 1.54) is 11.8 Å². The predicted molar refractivity (Wildman–Crippen MR) is 69.7 cm³/mol. The van der Waals surface area contributed by atoms with E-state index in [0.29, 0.717) is 0 Å². The van der Waals surface area contributed by atoms with Crippen LogP contribution in [-0.4, -0.2) is 59.0 Å². The Hall–Kier alpha value is -1.10. The Morgan fingerprint density at radius 2 is 2.26 bits per heavy atom. The van der Waals surface area contributed by atoms with E-state index in [4.69, 9.17) is 10.2 Å². The summed E-state index contributed by atoms with van der Waals surface area (Å²) in [4.78, 5) is 10.9. The van der Waals surface area contributed by atoms with Crippen molar-refractivity contribution < 1.29 is 23.4 Å². The molecule has 1 aromatic rings. The van der Waals surface area contributed by atoms with E-state index in [9.17, 15) is 13.2 Å². The van der Waals surface area contributed by atoms with Gasteiger partial charge in [0.25, 0.3) is 10.0 Å². The van der Waals surface area contributed by atoms with Crippen LogP contribution in [0.25, 0.3) is 0 Å². The number of aliphatic hydroxyl groups excluding tert-OH is 1. The van der Waals surface area contributed by atoms with Crippen LogP contribution in [0.1, 0.15) is 17.3 Å². The molecular formula is C9H15N3O5S2. The normalized spacial score (nSPS) is 15.1. The van der Waals surface area contributed by atoms with Crippen molar-refractivity contribution >= 4 is 27.8 Å². The van der Waals surface area contributed by atoms with Crippen molar-refractivity contribution in [2.24, 2.45) is 0 Å². The van der Waals surface area contributed by atoms with Crippen LogP contribution in [0.4, 0.5) is 0 Å². The van der Waals surface area contributed by atoms with Crippen LogP contribution in [0.15, 0.2) is 11.2 Å². The van der Waals surface area contributed by atoms with Crippen LogP contribution < -0.4 is 4.72 Å². The standard InChI is InChI=1S/C9H15N3O5S2/c1-5(7(4-13)18-2)12-19(16,17)8-6(9(14)15)3-10-11-8/h3,5,7,12-13H,4H2,1-2H3,(H,10,11)(H,14,15). The Balaban J connectivity index is 2.99. The number of thioether (sulfide) groups is 1. The third-order valence-corrected chi connectivity index (χ3v) is 5.18. The number of nitrogens with zero attached hydrogens (tertiary/aromatic N) is 1. The van der Waals surface area contributed by atoms with Gasteiger partial charge in [-0.2, -0.15) is 16.9 Å². The van der Waals surface area contributed by atoms with Crippen LogP contribution >= 0.6 is 11.8 Å². The molecule has 0 saturated heterocycles. The summed E-state index contributed by atoms with van der Waals surface area (Å²) in [5, 5.41) is 22.7. The Labute approximate surface area is 114 Å². The van der Waals surface area contributed by atoms with Crippen LogP contribution in [0, 0.1) is 0 Å². The second-order valence-corrected chi connectivity index (χ2v) is 6.51. The molecule has 0 bridgehead atoms. The average molecular weight is 309 g/mol. The summed E-state index contributed by atoms with van der Waals surface area (Å²) in [5.41, 5.74) is -0.426. The van der Waals surface area contributed by atoms with Gasteiger partial charge >= 0.3 is 5.97 Å². The third kappa shape index (κ3) is 3.69. The number of aliphatic hydroxyl groups is 1. The zero-order valence-electron chi connectivity index (χ0n) is 10.3. The van der Waals surface area contributed by atoms with E-state index in [-0.39, 0.29) is 11.9 Å². The summed E-state index contributed by atoms with van der Waals surface area (Å²) in [6.07, 6.45) is 2.67. The van der Waals surface area contributed by atoms with Gasteiger partial charge in [-0.25, -0.2) is 17.9 Å². The molecule has 19 heavy (non-hydrogen) atoms. The number of rotatable bonds is 7. The summed E-state index contributed by atoms with van der Waals surface area (Å²) >= 11 is 1.31. The van der Waals surface area contributed by atoms with Gasteiger partial charge in [0, 0.05) is 11.3 Å². The number of aromatic amines is 1. The first-order valence-corrected chi connectivity index (χ1v) is 8.03. The van der Waals surface area contributed by atoms with Crippen molar-refractivity contribution in [2.45, 2.75) is 23.2 Å². The van der Waals surface area contributed by atoms with Crippen molar-refractivity contribution in [3.05, 3.63) is 11.8 Å². The van der Waals surface area contributed by atoms with E-state index in [0.717, 1.165) is 6.20 Å². The van der Waals surface area contributed by atoms with Gasteiger partial charge in [-0.1, -0.05) is 0 Å². The van der Waals surface area contributed by atoms with Crippen LogP contribution in [0.3, 0.4) is 0 Å². The van der Waals surface area contributed by atoms with E-state index in [2.05, 4.69) is 14.9 Å². The van der Waals surface area contributed by atoms with E-state index < -0.39 is 32.6 Å². The highest BCUT2D eigenvalue weighted by Crippen LogP contribution is 2.16. The van der Waals surface area contributed by atoms with Gasteiger partial charge < -0.3 is 10.2 Å². The molecule has 0 fully saturated rings. The molecule has 2 atom stereocenters. The number of hydrogen-bond acceptors (Lipinski definition) is 6. The molecule has 0 radical (unpaired) electrons. The van der Waals surface area contributed by atoms with Crippen molar-refractivity contribution in [1.82, 2.24) is 14.9 Å². The number of sulfonamides is 1. The minimum absolute atomic E-state index is 0.195. The zero-order chi connectivity index (χ0) is 14.6. The van der Waals surface area contributed by atoms with Crippen molar-refractivity contribution in [1.29, 1.82) is 0 Å². The van der Waals surface area contributed by atoms with Gasteiger partial charge in [-0.05, 0) is 13.2 Å². The fraction of sp³-hybridized carbons (Fsp3) is 0.556. The lowest BCUT2D eigenvalue weighted by Gasteiger charge is -2.20. The molecule has 1 heterocycles. The Bertz CT molecular complexity index is 538. The molecule has 0 aliphatic rings. The average Bonchev–Trinajstić information content (AvgIpc) is 2.79. The van der Waals surface area contributed by atoms with E-state index in [1.807, 2.05) is 0 Å². The maximum Gasteiger partial charge on any atom is 0.340 e. The molecule has 0 saturated carbocycles. The fourth-order valence-electron chi connectivity index (χ4n) is 1.45. The second kappa shape index (κ2) is 6.37. The first kappa shape index (κ1) is 16.0. The Kier molecular flexibility index (Phi) is 5.35. The number of hydrogen-bond donors (Lipinski definition) is 4. The predicted octanol–water partition coefficient (Wildman–Crippen LogP) is -0.501. The first-order valence-electron chi connectivity index (χ1n) is 5.26. The lowest BCUT2D eigenvalue weighted by molar-refractivity contribution is 0.0692. The molecule has 4 N–H and O–H groups in total. The number of carboxylic acid groups (broad SMARTS) is 1. The quantitative estimate of drug-likeness (QED) is 0.533. The molecule has 10 heteroatoms. The monoisotopic (exact) mass is 309 g/mol. The molecule has 0 amide bonds. The van der Waals surface area contributed by atoms with Crippen molar-refractivity contribution in [3.63, 3.8) is 0 Å². The van der Waals surface area contributed by atoms with E-state index >= 15 is 0 Å². The summed E-state index contributed by atoms with van der Waals surface area (Å²) in [7, 11) is -4.03. The van der Waals surface area contributed by atoms with Crippen LogP contribution in [-0.2, 0) is 10.0 Å². The highest BCUT2D eigenvalue weighted by molar-refractivity contribution is 7.99. The van der Waals surface area contributed by atoms with Gasteiger partial charge in [0.15, 0.2) is 5.03 Å². The lowest BCUT2D eigenvalue weighted by atomic mass is 10.3. The number of H-pyrrole nitrogens is 1. The van der Waals surface area contributed by atoms with Gasteiger partial charge in [0.1, 0.15) is 5.56 Å². The fourth-order valence-corrected chi connectivity index (χ4v) is 3.53. The number of nitrogens with one attached hydrogen (secondary N) is 2. The summed E-state index contributed by atoms with van der Waals surface area (Å²) in [6, 6.07) is -0.560. The SMILES string of the molecule is CSC(CO)C(C)NS(=O)(=O)c1[nH]ncc1C(=O)O. The highest BCUT2D eigenvalue weighted by atomic mass is 32.2. The highest BCUT2D eigenvalue weighted by Gasteiger charge is 2.28. The van der Waals surface area contributed by atoms with Crippen molar-refractivity contribution in [3.8, 4) is 0 Å². The third-order valence-electron chi connectivity index (χ3n) is 2.48. The number of aromatic carboxylic acids is 1. The van der Waals surface area contributed by atoms with Gasteiger partial charge in [0.2, 0.25) is 0 Å². The maximum atomic E-state index is 12.0. The van der Waals surface area contributed by atoms with Gasteiger partial charge in [-0.3, -0.25) is 5.10 Å². The molecule has 108 valence electrons. The smallest absolute Gasteiger partial charge is 0.340 e. The second-order valence-electron chi connectivity index (χ2n) is 3.78. The summed E-state index contributed by atoms with van der Waals surface area (Å²) in [5.74, 6) is -1.38. The van der Waals surface area contributed by atoms with Gasteiger partial charge in [0.05, 0.1) is 12.8 Å². The minimum Gasteiger partial charge on any atom is -0.478 e. The largest absolute Gasteiger partial charge is 0.478 e. The Morgan fingerprint density at radius 3 is 2.74 bits per heavy atom. The van der Waals surface area contributed by atoms with Gasteiger partial charge in [-0.15, -0.1) is 0 Å². The molecule has 0 aliphatic heterocycles. The molecule has 2 unspecified atom stereocenters. The summed E-state index contributed by atoms with van der Waals surface area (Å²) < 4.78 is 26.4.